The Morgan fingerprint density at radius 1 is 1.11 bits per heavy atom. The number of nitrogens with one attached hydrogen (secondary N) is 1. The molecule has 0 bridgehead atoms. The Balaban J connectivity index is 1.51. The van der Waals surface area contributed by atoms with Crippen molar-refractivity contribution in [2.75, 3.05) is 5.32 Å². The van der Waals surface area contributed by atoms with E-state index in [2.05, 4.69) is 10.3 Å². The first kappa shape index (κ1) is 19.6. The van der Waals surface area contributed by atoms with Gasteiger partial charge in [0.05, 0.1) is 0 Å². The summed E-state index contributed by atoms with van der Waals surface area (Å²) in [7, 11) is 0. The highest BCUT2D eigenvalue weighted by Gasteiger charge is 2.21. The summed E-state index contributed by atoms with van der Waals surface area (Å²) in [4.78, 5) is 28.6. The van der Waals surface area contributed by atoms with Crippen molar-refractivity contribution < 1.29 is 19.1 Å². The van der Waals surface area contributed by atoms with E-state index >= 15 is 0 Å². The van der Waals surface area contributed by atoms with Crippen LogP contribution in [0.25, 0.3) is 0 Å². The molecule has 0 aliphatic heterocycles. The second kappa shape index (κ2) is 9.14. The number of esters is 1. The summed E-state index contributed by atoms with van der Waals surface area (Å²) in [5.41, 5.74) is 1.95. The van der Waals surface area contributed by atoms with Crippen LogP contribution in [0.2, 0.25) is 0 Å². The smallest absolute Gasteiger partial charge is 0.358 e. The monoisotopic (exact) mass is 396 g/mol. The van der Waals surface area contributed by atoms with Crippen molar-refractivity contribution in [2.24, 2.45) is 0 Å². The average molecular weight is 396 g/mol. The van der Waals surface area contributed by atoms with Crippen molar-refractivity contribution in [2.45, 2.75) is 26.6 Å². The molecule has 6 nitrogen and oxygen atoms in total. The quantitative estimate of drug-likeness (QED) is 0.605. The molecule has 0 saturated carbocycles. The van der Waals surface area contributed by atoms with E-state index in [1.54, 1.807) is 17.5 Å². The van der Waals surface area contributed by atoms with Crippen LogP contribution in [0.15, 0.2) is 60.0 Å². The minimum atomic E-state index is -0.943. The maximum absolute atomic E-state index is 12.2. The van der Waals surface area contributed by atoms with Crippen LogP contribution < -0.4 is 10.1 Å². The van der Waals surface area contributed by atoms with E-state index in [9.17, 15) is 9.59 Å². The summed E-state index contributed by atoms with van der Waals surface area (Å²) in [6, 6.07) is 16.7. The second-order valence-corrected chi connectivity index (χ2v) is 7.07. The van der Waals surface area contributed by atoms with E-state index in [4.69, 9.17) is 9.47 Å². The third kappa shape index (κ3) is 5.40. The lowest BCUT2D eigenvalue weighted by molar-refractivity contribution is -0.123. The van der Waals surface area contributed by atoms with Gasteiger partial charge in [-0.15, -0.1) is 11.3 Å². The van der Waals surface area contributed by atoms with Gasteiger partial charge in [-0.25, -0.2) is 9.78 Å². The van der Waals surface area contributed by atoms with Crippen molar-refractivity contribution in [1.29, 1.82) is 0 Å². The highest BCUT2D eigenvalue weighted by atomic mass is 32.1. The predicted octanol–water partition coefficient (Wildman–Crippen LogP) is 4.21. The highest BCUT2D eigenvalue weighted by molar-refractivity contribution is 7.09. The molecule has 0 spiro atoms. The van der Waals surface area contributed by atoms with Crippen LogP contribution in [0.3, 0.4) is 0 Å². The molecule has 1 atom stereocenters. The molecule has 0 fully saturated rings. The molecular weight excluding hydrogens is 376 g/mol. The predicted molar refractivity (Wildman–Crippen MR) is 108 cm³/mol. The van der Waals surface area contributed by atoms with Crippen LogP contribution in [0, 0.1) is 6.92 Å². The Morgan fingerprint density at radius 2 is 1.82 bits per heavy atom. The highest BCUT2D eigenvalue weighted by Crippen LogP contribution is 2.17. The van der Waals surface area contributed by atoms with Gasteiger partial charge in [0, 0.05) is 11.1 Å². The number of para-hydroxylation sites is 1. The Morgan fingerprint density at radius 3 is 2.54 bits per heavy atom. The molecule has 0 aliphatic carbocycles. The van der Waals surface area contributed by atoms with E-state index in [-0.39, 0.29) is 12.3 Å². The molecule has 0 saturated heterocycles. The maximum atomic E-state index is 12.2. The number of anilines is 1. The zero-order valence-corrected chi connectivity index (χ0v) is 16.4. The van der Waals surface area contributed by atoms with Gasteiger partial charge in [0.2, 0.25) is 0 Å². The van der Waals surface area contributed by atoms with Crippen LogP contribution >= 0.6 is 11.3 Å². The number of aromatic nitrogens is 1. The zero-order chi connectivity index (χ0) is 19.9. The van der Waals surface area contributed by atoms with Gasteiger partial charge < -0.3 is 14.8 Å². The average Bonchev–Trinajstić information content (AvgIpc) is 3.17. The van der Waals surface area contributed by atoms with Crippen molar-refractivity contribution in [3.63, 3.8) is 0 Å². The molecule has 0 aliphatic rings. The van der Waals surface area contributed by atoms with Gasteiger partial charge in [0.15, 0.2) is 11.8 Å². The first-order valence-electron chi connectivity index (χ1n) is 8.72. The molecular formula is C21H20N2O4S. The lowest BCUT2D eigenvalue weighted by Crippen LogP contribution is -2.30. The number of thiazole rings is 1. The number of ether oxygens (including phenoxy) is 2. The van der Waals surface area contributed by atoms with E-state index in [1.165, 1.54) is 18.3 Å². The SMILES string of the molecule is Cc1ccc(OCc2nc(C(=O)OC(C)C(=O)Nc3ccccc3)cs2)cc1. The minimum absolute atomic E-state index is 0.159. The van der Waals surface area contributed by atoms with Gasteiger partial charge in [-0.2, -0.15) is 0 Å². The summed E-state index contributed by atoms with van der Waals surface area (Å²) < 4.78 is 10.9. The third-order valence-corrected chi connectivity index (χ3v) is 4.66. The molecule has 28 heavy (non-hydrogen) atoms. The Hall–Kier alpha value is -3.19. The molecule has 1 unspecified atom stereocenters. The zero-order valence-electron chi connectivity index (χ0n) is 15.5. The molecule has 3 aromatic rings. The molecule has 144 valence electrons. The minimum Gasteiger partial charge on any atom is -0.486 e. The summed E-state index contributed by atoms with van der Waals surface area (Å²) >= 11 is 1.30. The topological polar surface area (TPSA) is 77.5 Å². The van der Waals surface area contributed by atoms with Crippen molar-refractivity contribution in [3.05, 3.63) is 76.2 Å². The fraction of sp³-hybridized carbons (Fsp3) is 0.190. The number of carbonyl (C=O) groups is 2. The Bertz CT molecular complexity index is 939. The molecule has 1 N–H and O–H groups in total. The summed E-state index contributed by atoms with van der Waals surface area (Å²) in [6.07, 6.45) is -0.943. The lowest BCUT2D eigenvalue weighted by atomic mass is 10.2. The van der Waals surface area contributed by atoms with Crippen LogP contribution in [-0.2, 0) is 16.1 Å². The fourth-order valence-electron chi connectivity index (χ4n) is 2.29. The number of rotatable bonds is 7. The van der Waals surface area contributed by atoms with E-state index in [1.807, 2.05) is 49.4 Å². The van der Waals surface area contributed by atoms with Gasteiger partial charge in [-0.3, -0.25) is 4.79 Å². The molecule has 3 rings (SSSR count). The van der Waals surface area contributed by atoms with Crippen LogP contribution in [0.5, 0.6) is 5.75 Å². The summed E-state index contributed by atoms with van der Waals surface area (Å²) in [5.74, 6) is -0.317. The van der Waals surface area contributed by atoms with Gasteiger partial charge >= 0.3 is 5.97 Å². The molecule has 2 aromatic carbocycles. The normalized spacial score (nSPS) is 11.5. The number of hydrogen-bond acceptors (Lipinski definition) is 6. The van der Waals surface area contributed by atoms with Crippen LogP contribution in [-0.4, -0.2) is 23.0 Å². The first-order chi connectivity index (χ1) is 13.5. The van der Waals surface area contributed by atoms with Gasteiger partial charge in [-0.05, 0) is 38.1 Å². The number of benzene rings is 2. The first-order valence-corrected chi connectivity index (χ1v) is 9.60. The number of nitrogens with zero attached hydrogens (tertiary/aromatic N) is 1. The Labute approximate surface area is 167 Å². The van der Waals surface area contributed by atoms with Gasteiger partial charge in [0.1, 0.15) is 17.4 Å². The number of carbonyl (C=O) groups excluding carboxylic acids is 2. The maximum Gasteiger partial charge on any atom is 0.358 e. The third-order valence-electron chi connectivity index (χ3n) is 3.84. The van der Waals surface area contributed by atoms with E-state index in [0.717, 1.165) is 11.3 Å². The molecule has 0 radical (unpaired) electrons. The van der Waals surface area contributed by atoms with E-state index in [0.29, 0.717) is 10.7 Å². The van der Waals surface area contributed by atoms with E-state index < -0.39 is 18.0 Å². The number of amides is 1. The van der Waals surface area contributed by atoms with Crippen molar-refractivity contribution >= 4 is 28.9 Å². The van der Waals surface area contributed by atoms with Crippen LogP contribution in [0.4, 0.5) is 5.69 Å². The van der Waals surface area contributed by atoms with Gasteiger partial charge in [0.25, 0.3) is 5.91 Å². The number of aryl methyl sites for hydroxylation is 1. The second-order valence-electron chi connectivity index (χ2n) is 6.13. The number of hydrogen-bond donors (Lipinski definition) is 1. The standard InChI is InChI=1S/C21H20N2O4S/c1-14-8-10-17(11-9-14)26-12-19-23-18(13-28-19)21(25)27-15(2)20(24)22-16-6-4-3-5-7-16/h3-11,13,15H,12H2,1-2H3,(H,22,24). The van der Waals surface area contributed by atoms with Gasteiger partial charge in [-0.1, -0.05) is 35.9 Å². The molecule has 1 amide bonds. The van der Waals surface area contributed by atoms with Crippen LogP contribution in [0.1, 0.15) is 28.0 Å². The molecule has 7 heteroatoms. The largest absolute Gasteiger partial charge is 0.486 e. The molecule has 1 aromatic heterocycles. The summed E-state index contributed by atoms with van der Waals surface area (Å²) in [5, 5.41) is 4.93. The van der Waals surface area contributed by atoms with Crippen molar-refractivity contribution in [3.8, 4) is 5.75 Å². The Kier molecular flexibility index (Phi) is 6.39. The molecule has 1 heterocycles. The summed E-state index contributed by atoms with van der Waals surface area (Å²) in [6.45, 7) is 3.78. The van der Waals surface area contributed by atoms with Crippen molar-refractivity contribution in [1.82, 2.24) is 4.98 Å². The fourth-order valence-corrected chi connectivity index (χ4v) is 2.96. The lowest BCUT2D eigenvalue weighted by Gasteiger charge is -2.12.